The highest BCUT2D eigenvalue weighted by atomic mass is 31.2. The summed E-state index contributed by atoms with van der Waals surface area (Å²) in [5.41, 5.74) is 0. The van der Waals surface area contributed by atoms with Gasteiger partial charge in [-0.2, -0.15) is 0 Å². The first-order valence-electron chi connectivity index (χ1n) is 8.21. The first kappa shape index (κ1) is 27.1. The fourth-order valence-corrected chi connectivity index (χ4v) is 2.09. The predicted molar refractivity (Wildman–Crippen MR) is 88.5 cm³/mol. The Morgan fingerprint density at radius 1 is 0.760 bits per heavy atom. The van der Waals surface area contributed by atoms with E-state index in [1.165, 1.54) is 32.1 Å². The summed E-state index contributed by atoms with van der Waals surface area (Å²) in [6.07, 6.45) is 9.28. The van der Waals surface area contributed by atoms with Crippen LogP contribution in [0.1, 0.15) is 65.2 Å². The lowest BCUT2D eigenvalue weighted by Gasteiger charge is -2.23. The van der Waals surface area contributed by atoms with Crippen LogP contribution in [0.5, 0.6) is 0 Å². The largest absolute Gasteiger partial charge is 0.469 e. The molecule has 0 bridgehead atoms. The molecule has 0 spiro atoms. The van der Waals surface area contributed by atoms with Gasteiger partial charge in [0.25, 0.3) is 0 Å². The summed E-state index contributed by atoms with van der Waals surface area (Å²) in [5.74, 6) is -6.99. The fraction of sp³-hybridized carbons (Fsp3) is 1.00. The highest BCUT2D eigenvalue weighted by Crippen LogP contribution is 2.35. The highest BCUT2D eigenvalue weighted by molar-refractivity contribution is 7.46. The summed E-state index contributed by atoms with van der Waals surface area (Å²) < 4.78 is 14.7. The van der Waals surface area contributed by atoms with Crippen LogP contribution < -0.4 is 0 Å². The molecule has 0 atom stereocenters. The van der Waals surface area contributed by atoms with Gasteiger partial charge >= 0.3 is 19.8 Å². The molecule has 0 rings (SSSR count). The Morgan fingerprint density at radius 2 is 1.12 bits per heavy atom. The topological polar surface area (TPSA) is 188 Å². The van der Waals surface area contributed by atoms with Crippen molar-refractivity contribution < 1.29 is 49.5 Å². The molecule has 10 nitrogen and oxygen atoms in total. The molecule has 154 valence electrons. The maximum Gasteiger partial charge on any atom is 0.469 e. The first-order chi connectivity index (χ1) is 11.2. The summed E-state index contributed by atoms with van der Waals surface area (Å²) in [6.45, 7) is 4.67. The second-order valence-electron chi connectivity index (χ2n) is 6.25. The Labute approximate surface area is 148 Å². The average Bonchev–Trinajstić information content (AvgIpc) is 2.37. The van der Waals surface area contributed by atoms with E-state index < -0.39 is 19.8 Å². The van der Waals surface area contributed by atoms with Crippen LogP contribution in [-0.4, -0.2) is 59.0 Å². The van der Waals surface area contributed by atoms with Gasteiger partial charge in [-0.25, -0.2) is 4.57 Å². The Hall–Kier alpha value is -0.130. The van der Waals surface area contributed by atoms with Gasteiger partial charge in [-0.15, -0.1) is 0 Å². The van der Waals surface area contributed by atoms with E-state index >= 15 is 0 Å². The second-order valence-corrected chi connectivity index (χ2v) is 7.49. The van der Waals surface area contributed by atoms with E-state index in [4.69, 9.17) is 40.4 Å². The molecule has 0 unspecified atom stereocenters. The molecule has 11 heteroatoms. The van der Waals surface area contributed by atoms with Crippen molar-refractivity contribution in [1.29, 1.82) is 0 Å². The standard InChI is InChI=1S/C12H27O4P.C2H6O6/c1-12(2)10-8-6-4-3-5-7-9-11-16-17(13,14)15;3-1(4,5)2(6,7)8/h12H,3-11H2,1-2H3,(H2,13,14,15);3-8H. The van der Waals surface area contributed by atoms with Gasteiger partial charge in [-0.3, -0.25) is 4.52 Å². The third-order valence-corrected chi connectivity index (χ3v) is 3.65. The maximum atomic E-state index is 10.4. The van der Waals surface area contributed by atoms with Gasteiger partial charge in [-0.05, 0) is 12.3 Å². The zero-order chi connectivity index (χ0) is 20.1. The Kier molecular flexibility index (Phi) is 14.2. The van der Waals surface area contributed by atoms with Gasteiger partial charge in [-0.1, -0.05) is 58.8 Å². The highest BCUT2D eigenvalue weighted by Gasteiger charge is 2.44. The molecule has 0 saturated carbocycles. The molecular weight excluding hydrogens is 359 g/mol. The lowest BCUT2D eigenvalue weighted by Crippen LogP contribution is -2.54. The molecule has 0 amide bonds. The van der Waals surface area contributed by atoms with E-state index in [0.29, 0.717) is 0 Å². The van der Waals surface area contributed by atoms with E-state index in [1.807, 2.05) is 0 Å². The van der Waals surface area contributed by atoms with Crippen LogP contribution in [0.4, 0.5) is 0 Å². The number of hydrogen-bond donors (Lipinski definition) is 8. The number of phosphoric ester groups is 1. The lowest BCUT2D eigenvalue weighted by atomic mass is 10.0. The molecule has 0 aromatic heterocycles. The second kappa shape index (κ2) is 13.1. The van der Waals surface area contributed by atoms with E-state index in [0.717, 1.165) is 25.2 Å². The Balaban J connectivity index is 0. The molecule has 25 heavy (non-hydrogen) atoms. The van der Waals surface area contributed by atoms with Crippen LogP contribution in [-0.2, 0) is 9.09 Å². The van der Waals surface area contributed by atoms with Gasteiger partial charge in [0, 0.05) is 0 Å². The Bertz CT molecular complexity index is 344. The van der Waals surface area contributed by atoms with Crippen molar-refractivity contribution >= 4 is 7.82 Å². The third kappa shape index (κ3) is 21.8. The minimum absolute atomic E-state index is 0.164. The summed E-state index contributed by atoms with van der Waals surface area (Å²) in [6, 6.07) is 0. The van der Waals surface area contributed by atoms with E-state index in [-0.39, 0.29) is 6.61 Å². The molecule has 0 aliphatic carbocycles. The van der Waals surface area contributed by atoms with Crippen LogP contribution in [0.15, 0.2) is 0 Å². The summed E-state index contributed by atoms with van der Waals surface area (Å²) in [4.78, 5) is 16.9. The molecule has 0 fully saturated rings. The zero-order valence-corrected chi connectivity index (χ0v) is 15.7. The first-order valence-corrected chi connectivity index (χ1v) is 9.74. The van der Waals surface area contributed by atoms with Crippen LogP contribution >= 0.6 is 7.82 Å². The molecule has 0 aliphatic heterocycles. The van der Waals surface area contributed by atoms with Gasteiger partial charge in [0.15, 0.2) is 0 Å². The monoisotopic (exact) mass is 392 g/mol. The molecular formula is C14H33O10P. The van der Waals surface area contributed by atoms with Crippen LogP contribution in [0.2, 0.25) is 0 Å². The van der Waals surface area contributed by atoms with Crippen LogP contribution in [0.3, 0.4) is 0 Å². The summed E-state index contributed by atoms with van der Waals surface area (Å²) in [5, 5.41) is 46.3. The number of rotatable bonds is 12. The fourth-order valence-electron chi connectivity index (χ4n) is 1.72. The number of phosphoric acid groups is 1. The maximum absolute atomic E-state index is 10.4. The van der Waals surface area contributed by atoms with Crippen molar-refractivity contribution in [3.63, 3.8) is 0 Å². The van der Waals surface area contributed by atoms with Crippen LogP contribution in [0.25, 0.3) is 0 Å². The predicted octanol–water partition coefficient (Wildman–Crippen LogP) is 0.120. The normalized spacial score (nSPS) is 12.9. The van der Waals surface area contributed by atoms with Gasteiger partial charge < -0.3 is 40.4 Å². The van der Waals surface area contributed by atoms with Gasteiger partial charge in [0.05, 0.1) is 6.61 Å². The van der Waals surface area contributed by atoms with Crippen molar-refractivity contribution in [2.45, 2.75) is 77.2 Å². The minimum atomic E-state index is -4.25. The smallest absolute Gasteiger partial charge is 0.337 e. The quantitative estimate of drug-likeness (QED) is 0.129. The molecule has 0 radical (unpaired) electrons. The molecule has 0 saturated heterocycles. The van der Waals surface area contributed by atoms with Crippen molar-refractivity contribution in [2.24, 2.45) is 5.92 Å². The van der Waals surface area contributed by atoms with Crippen molar-refractivity contribution in [3.8, 4) is 0 Å². The summed E-state index contributed by atoms with van der Waals surface area (Å²) >= 11 is 0. The molecule has 8 N–H and O–H groups in total. The van der Waals surface area contributed by atoms with Gasteiger partial charge in [0.2, 0.25) is 0 Å². The lowest BCUT2D eigenvalue weighted by molar-refractivity contribution is -0.512. The van der Waals surface area contributed by atoms with Crippen molar-refractivity contribution in [3.05, 3.63) is 0 Å². The average molecular weight is 392 g/mol. The third-order valence-electron chi connectivity index (χ3n) is 3.14. The van der Waals surface area contributed by atoms with E-state index in [2.05, 4.69) is 18.4 Å². The van der Waals surface area contributed by atoms with Crippen molar-refractivity contribution in [1.82, 2.24) is 0 Å². The molecule has 0 aromatic carbocycles. The Morgan fingerprint density at radius 3 is 1.44 bits per heavy atom. The number of hydrogen-bond acceptors (Lipinski definition) is 8. The number of unbranched alkanes of at least 4 members (excludes halogenated alkanes) is 6. The number of aliphatic hydroxyl groups is 6. The SMILES string of the molecule is CC(C)CCCCCCCCCOP(=O)(O)O.OC(O)(O)C(O)(O)O. The molecule has 0 aliphatic rings. The summed E-state index contributed by atoms with van der Waals surface area (Å²) in [7, 11) is -4.25. The molecule has 0 heterocycles. The van der Waals surface area contributed by atoms with Gasteiger partial charge in [0.1, 0.15) is 0 Å². The molecule has 0 aromatic rings. The van der Waals surface area contributed by atoms with Crippen molar-refractivity contribution in [2.75, 3.05) is 6.61 Å². The van der Waals surface area contributed by atoms with Crippen LogP contribution in [0, 0.1) is 5.92 Å². The van der Waals surface area contributed by atoms with E-state index in [9.17, 15) is 4.57 Å². The minimum Gasteiger partial charge on any atom is -0.337 e. The zero-order valence-electron chi connectivity index (χ0n) is 14.8. The van der Waals surface area contributed by atoms with E-state index in [1.54, 1.807) is 0 Å².